The van der Waals surface area contributed by atoms with Crippen LogP contribution in [0.2, 0.25) is 0 Å². The lowest BCUT2D eigenvalue weighted by Crippen LogP contribution is -2.40. The lowest BCUT2D eigenvalue weighted by molar-refractivity contribution is -0.119. The number of nitrogens with one attached hydrogen (secondary N) is 2. The molecule has 0 spiro atoms. The summed E-state index contributed by atoms with van der Waals surface area (Å²) in [5.74, 6) is -0.0471. The zero-order valence-electron chi connectivity index (χ0n) is 11.8. The molecule has 0 radical (unpaired) electrons. The number of rotatable bonds is 4. The van der Waals surface area contributed by atoms with Gasteiger partial charge in [0.15, 0.2) is 6.29 Å². The summed E-state index contributed by atoms with van der Waals surface area (Å²) in [7, 11) is 0. The van der Waals surface area contributed by atoms with E-state index in [-0.39, 0.29) is 18.3 Å². The fraction of sp³-hybridized carbons (Fsp3) is 0.533. The Morgan fingerprint density at radius 3 is 2.86 bits per heavy atom. The van der Waals surface area contributed by atoms with Crippen LogP contribution < -0.4 is 10.6 Å². The SMILES string of the molecule is O=C(CC1CNCCO1)Nc1cccc(C2OCCO2)c1. The second-order valence-corrected chi connectivity index (χ2v) is 5.15. The van der Waals surface area contributed by atoms with Gasteiger partial charge in [-0.05, 0) is 12.1 Å². The van der Waals surface area contributed by atoms with E-state index in [1.165, 1.54) is 0 Å². The van der Waals surface area contributed by atoms with Gasteiger partial charge in [0.2, 0.25) is 5.91 Å². The molecular weight excluding hydrogens is 272 g/mol. The average Bonchev–Trinajstić information content (AvgIpc) is 3.02. The molecule has 0 saturated carbocycles. The molecule has 1 amide bonds. The van der Waals surface area contributed by atoms with Crippen LogP contribution in [0.5, 0.6) is 0 Å². The van der Waals surface area contributed by atoms with Crippen LogP contribution in [0.3, 0.4) is 0 Å². The number of anilines is 1. The van der Waals surface area contributed by atoms with E-state index >= 15 is 0 Å². The summed E-state index contributed by atoms with van der Waals surface area (Å²) >= 11 is 0. The van der Waals surface area contributed by atoms with Crippen molar-refractivity contribution in [3.63, 3.8) is 0 Å². The second kappa shape index (κ2) is 7.00. The molecule has 2 N–H and O–H groups in total. The van der Waals surface area contributed by atoms with Crippen LogP contribution in [0.4, 0.5) is 5.69 Å². The largest absolute Gasteiger partial charge is 0.375 e. The zero-order valence-corrected chi connectivity index (χ0v) is 11.8. The van der Waals surface area contributed by atoms with Crippen molar-refractivity contribution in [2.75, 3.05) is 38.2 Å². The predicted molar refractivity (Wildman–Crippen MR) is 76.9 cm³/mol. The molecule has 21 heavy (non-hydrogen) atoms. The van der Waals surface area contributed by atoms with Crippen molar-refractivity contribution in [1.29, 1.82) is 0 Å². The van der Waals surface area contributed by atoms with Crippen LogP contribution in [-0.4, -0.2) is 44.9 Å². The van der Waals surface area contributed by atoms with Gasteiger partial charge in [-0.15, -0.1) is 0 Å². The molecule has 6 nitrogen and oxygen atoms in total. The molecule has 1 aromatic carbocycles. The molecule has 2 fully saturated rings. The molecule has 2 saturated heterocycles. The van der Waals surface area contributed by atoms with Gasteiger partial charge in [0.25, 0.3) is 0 Å². The van der Waals surface area contributed by atoms with Gasteiger partial charge in [-0.1, -0.05) is 12.1 Å². The van der Waals surface area contributed by atoms with Crippen LogP contribution in [0, 0.1) is 0 Å². The third kappa shape index (κ3) is 4.01. The summed E-state index contributed by atoms with van der Waals surface area (Å²) in [6.45, 7) is 3.43. The minimum Gasteiger partial charge on any atom is -0.375 e. The first kappa shape index (κ1) is 14.5. The summed E-state index contributed by atoms with van der Waals surface area (Å²) < 4.78 is 16.4. The van der Waals surface area contributed by atoms with Gasteiger partial charge < -0.3 is 24.8 Å². The Hall–Kier alpha value is -1.47. The molecule has 1 aromatic rings. The normalized spacial score (nSPS) is 23.1. The highest BCUT2D eigenvalue weighted by Crippen LogP contribution is 2.25. The van der Waals surface area contributed by atoms with Crippen LogP contribution in [0.25, 0.3) is 0 Å². The summed E-state index contributed by atoms with van der Waals surface area (Å²) in [5, 5.41) is 6.11. The maximum Gasteiger partial charge on any atom is 0.227 e. The predicted octanol–water partition coefficient (Wildman–Crippen LogP) is 1.05. The highest BCUT2D eigenvalue weighted by atomic mass is 16.7. The second-order valence-electron chi connectivity index (χ2n) is 5.15. The van der Waals surface area contributed by atoms with Crippen LogP contribution in [0.1, 0.15) is 18.3 Å². The van der Waals surface area contributed by atoms with E-state index in [2.05, 4.69) is 10.6 Å². The zero-order chi connectivity index (χ0) is 14.5. The van der Waals surface area contributed by atoms with Gasteiger partial charge in [-0.2, -0.15) is 0 Å². The summed E-state index contributed by atoms with van der Waals surface area (Å²) in [6, 6.07) is 7.55. The van der Waals surface area contributed by atoms with Gasteiger partial charge in [-0.3, -0.25) is 4.79 Å². The van der Waals surface area contributed by atoms with Crippen molar-refractivity contribution in [2.24, 2.45) is 0 Å². The average molecular weight is 292 g/mol. The van der Waals surface area contributed by atoms with Crippen molar-refractivity contribution in [3.8, 4) is 0 Å². The third-order valence-electron chi connectivity index (χ3n) is 3.48. The molecule has 0 aliphatic carbocycles. The Bertz CT molecular complexity index is 482. The van der Waals surface area contributed by atoms with Gasteiger partial charge in [-0.25, -0.2) is 0 Å². The van der Waals surface area contributed by atoms with Gasteiger partial charge in [0.1, 0.15) is 0 Å². The first-order valence-electron chi connectivity index (χ1n) is 7.26. The minimum absolute atomic E-state index is 0.0471. The van der Waals surface area contributed by atoms with Crippen LogP contribution in [0.15, 0.2) is 24.3 Å². The quantitative estimate of drug-likeness (QED) is 0.868. The Morgan fingerprint density at radius 2 is 2.10 bits per heavy atom. The van der Waals surface area contributed by atoms with Crippen molar-refractivity contribution in [1.82, 2.24) is 5.32 Å². The smallest absolute Gasteiger partial charge is 0.227 e. The Morgan fingerprint density at radius 1 is 1.24 bits per heavy atom. The maximum atomic E-state index is 12.0. The molecule has 0 bridgehead atoms. The highest BCUT2D eigenvalue weighted by molar-refractivity contribution is 5.91. The molecule has 114 valence electrons. The minimum atomic E-state index is -0.326. The van der Waals surface area contributed by atoms with Crippen LogP contribution in [-0.2, 0) is 19.0 Å². The first-order valence-corrected chi connectivity index (χ1v) is 7.26. The number of benzene rings is 1. The lowest BCUT2D eigenvalue weighted by atomic mass is 10.1. The number of hydrogen-bond donors (Lipinski definition) is 2. The number of carbonyl (C=O) groups excluding carboxylic acids is 1. The number of carbonyl (C=O) groups is 1. The van der Waals surface area contributed by atoms with Crippen molar-refractivity contribution < 1.29 is 19.0 Å². The van der Waals surface area contributed by atoms with E-state index in [0.717, 1.165) is 24.3 Å². The van der Waals surface area contributed by atoms with E-state index in [1.54, 1.807) is 0 Å². The van der Waals surface area contributed by atoms with E-state index in [1.807, 2.05) is 24.3 Å². The molecule has 2 aliphatic rings. The van der Waals surface area contributed by atoms with E-state index in [0.29, 0.717) is 26.2 Å². The summed E-state index contributed by atoms with van der Waals surface area (Å²) in [4.78, 5) is 12.0. The number of ether oxygens (including phenoxy) is 3. The standard InChI is InChI=1S/C15H20N2O4/c18-14(9-13-10-16-4-5-19-13)17-12-3-1-2-11(8-12)15-20-6-7-21-15/h1-3,8,13,15-16H,4-7,9-10H2,(H,17,18). The fourth-order valence-corrected chi connectivity index (χ4v) is 2.48. The van der Waals surface area contributed by atoms with Crippen molar-refractivity contribution in [3.05, 3.63) is 29.8 Å². The van der Waals surface area contributed by atoms with E-state index < -0.39 is 0 Å². The number of amides is 1. The molecule has 1 unspecified atom stereocenters. The van der Waals surface area contributed by atoms with Crippen LogP contribution >= 0.6 is 0 Å². The van der Waals surface area contributed by atoms with Crippen molar-refractivity contribution >= 4 is 11.6 Å². The maximum absolute atomic E-state index is 12.0. The number of hydrogen-bond acceptors (Lipinski definition) is 5. The van der Waals surface area contributed by atoms with Crippen molar-refractivity contribution in [2.45, 2.75) is 18.8 Å². The monoisotopic (exact) mass is 292 g/mol. The van der Waals surface area contributed by atoms with Gasteiger partial charge in [0, 0.05) is 24.3 Å². The van der Waals surface area contributed by atoms with E-state index in [4.69, 9.17) is 14.2 Å². The molecule has 2 aliphatic heterocycles. The molecule has 6 heteroatoms. The summed E-state index contributed by atoms with van der Waals surface area (Å²) in [5.41, 5.74) is 1.67. The van der Waals surface area contributed by atoms with Gasteiger partial charge >= 0.3 is 0 Å². The number of morpholine rings is 1. The Labute approximate surface area is 123 Å². The Kier molecular flexibility index (Phi) is 4.82. The molecule has 1 atom stereocenters. The molecule has 0 aromatic heterocycles. The molecule has 3 rings (SSSR count). The van der Waals surface area contributed by atoms with E-state index in [9.17, 15) is 4.79 Å². The Balaban J connectivity index is 1.56. The van der Waals surface area contributed by atoms with Gasteiger partial charge in [0.05, 0.1) is 32.3 Å². The molecule has 2 heterocycles. The third-order valence-corrected chi connectivity index (χ3v) is 3.48. The first-order chi connectivity index (χ1) is 10.3. The lowest BCUT2D eigenvalue weighted by Gasteiger charge is -2.23. The fourth-order valence-electron chi connectivity index (χ4n) is 2.48. The summed E-state index contributed by atoms with van der Waals surface area (Å²) in [6.07, 6.45) is -0.0237. The highest BCUT2D eigenvalue weighted by Gasteiger charge is 2.20. The molecular formula is C15H20N2O4. The topological polar surface area (TPSA) is 68.8 Å².